The molecule has 2 rings (SSSR count). The Kier molecular flexibility index (Phi) is 3.79. The fraction of sp³-hybridized carbons (Fsp3) is 0.214. The van der Waals surface area contributed by atoms with E-state index in [1.165, 1.54) is 5.56 Å². The molecule has 0 saturated carbocycles. The van der Waals surface area contributed by atoms with Crippen molar-refractivity contribution in [2.75, 3.05) is 5.32 Å². The molecule has 0 aliphatic rings. The molecule has 0 bridgehead atoms. The zero-order chi connectivity index (χ0) is 12.1. The summed E-state index contributed by atoms with van der Waals surface area (Å²) in [6.45, 7) is 2.15. The van der Waals surface area contributed by atoms with Crippen molar-refractivity contribution in [1.29, 1.82) is 5.26 Å². The summed E-state index contributed by atoms with van der Waals surface area (Å²) < 4.78 is 0. The zero-order valence-corrected chi connectivity index (χ0v) is 10.5. The molecule has 0 fully saturated rings. The van der Waals surface area contributed by atoms with Crippen LogP contribution < -0.4 is 5.32 Å². The fourth-order valence-electron chi connectivity index (χ4n) is 1.78. The molecule has 0 radical (unpaired) electrons. The summed E-state index contributed by atoms with van der Waals surface area (Å²) in [5, 5.41) is 16.5. The normalized spacial score (nSPS) is 11.8. The quantitative estimate of drug-likeness (QED) is 0.888. The first kappa shape index (κ1) is 11.7. The molecule has 1 unspecified atom stereocenters. The van der Waals surface area contributed by atoms with Crippen LogP contribution in [0.5, 0.6) is 0 Å². The summed E-state index contributed by atoms with van der Waals surface area (Å²) >= 11 is 1.72. The monoisotopic (exact) mass is 242 g/mol. The SMILES string of the molecule is CC(Cc1ccsc1)Nc1cccc(C#N)c1. The fourth-order valence-corrected chi connectivity index (χ4v) is 2.46. The third-order valence-electron chi connectivity index (χ3n) is 2.53. The first-order valence-corrected chi connectivity index (χ1v) is 6.50. The van der Waals surface area contributed by atoms with Crippen LogP contribution in [0.15, 0.2) is 41.1 Å². The minimum absolute atomic E-state index is 0.360. The van der Waals surface area contributed by atoms with Crippen LogP contribution in [0.3, 0.4) is 0 Å². The van der Waals surface area contributed by atoms with Gasteiger partial charge in [0.05, 0.1) is 11.6 Å². The Morgan fingerprint density at radius 3 is 3.00 bits per heavy atom. The van der Waals surface area contributed by atoms with Crippen molar-refractivity contribution >= 4 is 17.0 Å². The van der Waals surface area contributed by atoms with Gasteiger partial charge < -0.3 is 5.32 Å². The first-order valence-electron chi connectivity index (χ1n) is 5.55. The number of anilines is 1. The molecule has 86 valence electrons. The van der Waals surface area contributed by atoms with E-state index < -0.39 is 0 Å². The van der Waals surface area contributed by atoms with Gasteiger partial charge in [0.15, 0.2) is 0 Å². The lowest BCUT2D eigenvalue weighted by molar-refractivity contribution is 0.793. The Morgan fingerprint density at radius 2 is 2.29 bits per heavy atom. The number of thiophene rings is 1. The van der Waals surface area contributed by atoms with Crippen molar-refractivity contribution in [2.45, 2.75) is 19.4 Å². The molecule has 1 N–H and O–H groups in total. The highest BCUT2D eigenvalue weighted by Crippen LogP contribution is 2.14. The second-order valence-electron chi connectivity index (χ2n) is 4.07. The number of nitriles is 1. The van der Waals surface area contributed by atoms with E-state index in [-0.39, 0.29) is 0 Å². The molecule has 0 amide bonds. The average Bonchev–Trinajstić information content (AvgIpc) is 2.82. The van der Waals surface area contributed by atoms with Crippen molar-refractivity contribution in [2.24, 2.45) is 0 Å². The van der Waals surface area contributed by atoms with Gasteiger partial charge in [-0.1, -0.05) is 6.07 Å². The van der Waals surface area contributed by atoms with Gasteiger partial charge in [-0.15, -0.1) is 0 Å². The van der Waals surface area contributed by atoms with Gasteiger partial charge in [-0.25, -0.2) is 0 Å². The topological polar surface area (TPSA) is 35.8 Å². The summed E-state index contributed by atoms with van der Waals surface area (Å²) in [6, 6.07) is 12.2. The number of hydrogen-bond acceptors (Lipinski definition) is 3. The highest BCUT2D eigenvalue weighted by molar-refractivity contribution is 7.07. The van der Waals surface area contributed by atoms with E-state index in [1.54, 1.807) is 11.3 Å². The van der Waals surface area contributed by atoms with E-state index in [2.05, 4.69) is 35.1 Å². The van der Waals surface area contributed by atoms with Gasteiger partial charge in [0, 0.05) is 11.7 Å². The zero-order valence-electron chi connectivity index (χ0n) is 9.68. The Hall–Kier alpha value is -1.79. The van der Waals surface area contributed by atoms with Gasteiger partial charge in [0.2, 0.25) is 0 Å². The minimum atomic E-state index is 0.360. The molecule has 2 aromatic rings. The molecule has 1 aromatic heterocycles. The maximum Gasteiger partial charge on any atom is 0.0992 e. The molecule has 17 heavy (non-hydrogen) atoms. The summed E-state index contributed by atoms with van der Waals surface area (Å²) in [5.74, 6) is 0. The first-order chi connectivity index (χ1) is 8.28. The predicted molar refractivity (Wildman–Crippen MR) is 72.3 cm³/mol. The molecule has 0 aliphatic heterocycles. The van der Waals surface area contributed by atoms with Gasteiger partial charge in [0.25, 0.3) is 0 Å². The Labute approximate surface area is 106 Å². The average molecular weight is 242 g/mol. The van der Waals surface area contributed by atoms with E-state index >= 15 is 0 Å². The lowest BCUT2D eigenvalue weighted by Gasteiger charge is -2.14. The Balaban J connectivity index is 1.98. The highest BCUT2D eigenvalue weighted by atomic mass is 32.1. The van der Waals surface area contributed by atoms with Crippen LogP contribution in [0.4, 0.5) is 5.69 Å². The molecule has 1 atom stereocenters. The van der Waals surface area contributed by atoms with E-state index in [9.17, 15) is 0 Å². The van der Waals surface area contributed by atoms with Crippen LogP contribution in [0.25, 0.3) is 0 Å². The molecule has 0 spiro atoms. The third kappa shape index (κ3) is 3.33. The third-order valence-corrected chi connectivity index (χ3v) is 3.26. The smallest absolute Gasteiger partial charge is 0.0992 e. The van der Waals surface area contributed by atoms with Gasteiger partial charge in [0.1, 0.15) is 0 Å². The van der Waals surface area contributed by atoms with Crippen molar-refractivity contribution in [3.8, 4) is 6.07 Å². The van der Waals surface area contributed by atoms with Crippen LogP contribution in [0.1, 0.15) is 18.1 Å². The number of benzene rings is 1. The van der Waals surface area contributed by atoms with E-state index in [4.69, 9.17) is 5.26 Å². The Bertz CT molecular complexity index is 511. The second-order valence-corrected chi connectivity index (χ2v) is 4.85. The molecule has 1 heterocycles. The summed E-state index contributed by atoms with van der Waals surface area (Å²) in [7, 11) is 0. The maximum atomic E-state index is 8.83. The lowest BCUT2D eigenvalue weighted by atomic mass is 10.1. The van der Waals surface area contributed by atoms with Crippen LogP contribution in [0.2, 0.25) is 0 Å². The molecule has 0 saturated heterocycles. The molecule has 0 aliphatic carbocycles. The standard InChI is InChI=1S/C14H14N2S/c1-11(7-13-5-6-17-10-13)16-14-4-2-3-12(8-14)9-15/h2-6,8,10-11,16H,7H2,1H3. The maximum absolute atomic E-state index is 8.83. The lowest BCUT2D eigenvalue weighted by Crippen LogP contribution is -2.17. The number of nitrogens with one attached hydrogen (secondary N) is 1. The summed E-state index contributed by atoms with van der Waals surface area (Å²) in [5.41, 5.74) is 3.05. The summed E-state index contributed by atoms with van der Waals surface area (Å²) in [4.78, 5) is 0. The molecule has 1 aromatic carbocycles. The van der Waals surface area contributed by atoms with Crippen molar-refractivity contribution < 1.29 is 0 Å². The van der Waals surface area contributed by atoms with Gasteiger partial charge in [-0.2, -0.15) is 16.6 Å². The predicted octanol–water partition coefficient (Wildman–Crippen LogP) is 3.66. The van der Waals surface area contributed by atoms with Gasteiger partial charge in [-0.05, 0) is 53.9 Å². The van der Waals surface area contributed by atoms with Crippen molar-refractivity contribution in [1.82, 2.24) is 0 Å². The molecular weight excluding hydrogens is 228 g/mol. The Morgan fingerprint density at radius 1 is 1.41 bits per heavy atom. The van der Waals surface area contributed by atoms with E-state index in [0.29, 0.717) is 11.6 Å². The number of hydrogen-bond donors (Lipinski definition) is 1. The largest absolute Gasteiger partial charge is 0.382 e. The second kappa shape index (κ2) is 5.51. The van der Waals surface area contributed by atoms with E-state index in [1.807, 2.05) is 24.3 Å². The van der Waals surface area contributed by atoms with Gasteiger partial charge >= 0.3 is 0 Å². The molecule has 2 nitrogen and oxygen atoms in total. The summed E-state index contributed by atoms with van der Waals surface area (Å²) in [6.07, 6.45) is 1.00. The highest BCUT2D eigenvalue weighted by Gasteiger charge is 2.04. The van der Waals surface area contributed by atoms with Crippen molar-refractivity contribution in [3.05, 3.63) is 52.2 Å². The van der Waals surface area contributed by atoms with Crippen LogP contribution in [-0.2, 0) is 6.42 Å². The van der Waals surface area contributed by atoms with Crippen LogP contribution in [-0.4, -0.2) is 6.04 Å². The molecule has 3 heteroatoms. The number of nitrogens with zero attached hydrogens (tertiary/aromatic N) is 1. The minimum Gasteiger partial charge on any atom is -0.382 e. The van der Waals surface area contributed by atoms with Gasteiger partial charge in [-0.3, -0.25) is 0 Å². The van der Waals surface area contributed by atoms with Crippen molar-refractivity contribution in [3.63, 3.8) is 0 Å². The van der Waals surface area contributed by atoms with Crippen LogP contribution >= 0.6 is 11.3 Å². The van der Waals surface area contributed by atoms with Crippen LogP contribution in [0, 0.1) is 11.3 Å². The number of rotatable bonds is 4. The van der Waals surface area contributed by atoms with E-state index in [0.717, 1.165) is 12.1 Å². The molecular formula is C14H14N2S.